The predicted octanol–water partition coefficient (Wildman–Crippen LogP) is 3.19. The summed E-state index contributed by atoms with van der Waals surface area (Å²) >= 11 is 0. The molecule has 0 bridgehead atoms. The lowest BCUT2D eigenvalue weighted by atomic mass is 10.1. The zero-order valence-corrected chi connectivity index (χ0v) is 19.8. The van der Waals surface area contributed by atoms with Crippen LogP contribution in [-0.4, -0.2) is 41.5 Å². The SMILES string of the molecule is Cc1nn(CC(C)C)c(C)c1CC(=O)NCc1ccc(S(=O)(=O)N2CCCCC2)cc1. The standard InChI is InChI=1S/C23H34N4O3S/c1-17(2)16-27-19(4)22(18(3)25-27)14-23(28)24-15-20-8-10-21(11-9-20)31(29,30)26-12-6-5-7-13-26/h8-11,17H,5-7,12-16H2,1-4H3,(H,24,28). The van der Waals surface area contributed by atoms with E-state index >= 15 is 0 Å². The van der Waals surface area contributed by atoms with Gasteiger partial charge in [0.1, 0.15) is 0 Å². The first kappa shape index (κ1) is 23.5. The summed E-state index contributed by atoms with van der Waals surface area (Å²) < 4.78 is 29.0. The number of nitrogens with one attached hydrogen (secondary N) is 1. The highest BCUT2D eigenvalue weighted by atomic mass is 32.2. The highest BCUT2D eigenvalue weighted by Gasteiger charge is 2.25. The number of carbonyl (C=O) groups is 1. The molecule has 1 aliphatic heterocycles. The molecule has 1 fully saturated rings. The van der Waals surface area contributed by atoms with Crippen molar-refractivity contribution < 1.29 is 13.2 Å². The van der Waals surface area contributed by atoms with Crippen LogP contribution in [0.3, 0.4) is 0 Å². The van der Waals surface area contributed by atoms with Crippen LogP contribution >= 0.6 is 0 Å². The van der Waals surface area contributed by atoms with Gasteiger partial charge in [0.05, 0.1) is 17.0 Å². The fraction of sp³-hybridized carbons (Fsp3) is 0.565. The lowest BCUT2D eigenvalue weighted by Gasteiger charge is -2.25. The molecule has 1 N–H and O–H groups in total. The molecule has 1 aliphatic rings. The molecule has 0 saturated carbocycles. The van der Waals surface area contributed by atoms with E-state index in [0.29, 0.717) is 30.4 Å². The van der Waals surface area contributed by atoms with Gasteiger partial charge in [0.25, 0.3) is 0 Å². The number of benzene rings is 1. The molecule has 0 atom stereocenters. The number of amides is 1. The number of aromatic nitrogens is 2. The number of rotatable bonds is 8. The average Bonchev–Trinajstić information content (AvgIpc) is 3.00. The minimum atomic E-state index is -3.43. The normalized spacial score (nSPS) is 15.4. The van der Waals surface area contributed by atoms with E-state index in [1.54, 1.807) is 28.6 Å². The Morgan fingerprint density at radius 3 is 2.35 bits per heavy atom. The van der Waals surface area contributed by atoms with E-state index in [9.17, 15) is 13.2 Å². The number of hydrogen-bond acceptors (Lipinski definition) is 4. The Bertz CT molecular complexity index is 1000. The zero-order chi connectivity index (χ0) is 22.6. The van der Waals surface area contributed by atoms with E-state index < -0.39 is 10.0 Å². The van der Waals surface area contributed by atoms with Crippen LogP contribution in [0.4, 0.5) is 0 Å². The third-order valence-corrected chi connectivity index (χ3v) is 7.69. The second-order valence-corrected chi connectivity index (χ2v) is 10.7. The Labute approximate surface area is 185 Å². The highest BCUT2D eigenvalue weighted by molar-refractivity contribution is 7.89. The van der Waals surface area contributed by atoms with E-state index in [4.69, 9.17) is 0 Å². The summed E-state index contributed by atoms with van der Waals surface area (Å²) in [6.45, 7) is 10.6. The van der Waals surface area contributed by atoms with E-state index in [2.05, 4.69) is 24.3 Å². The van der Waals surface area contributed by atoms with Crippen LogP contribution in [0, 0.1) is 19.8 Å². The van der Waals surface area contributed by atoms with Gasteiger partial charge < -0.3 is 5.32 Å². The summed E-state index contributed by atoms with van der Waals surface area (Å²) in [4.78, 5) is 12.8. The Balaban J connectivity index is 1.58. The van der Waals surface area contributed by atoms with Crippen molar-refractivity contribution in [2.45, 2.75) is 71.4 Å². The van der Waals surface area contributed by atoms with E-state index in [0.717, 1.165) is 48.3 Å². The Kier molecular flexibility index (Phi) is 7.54. The number of sulfonamides is 1. The van der Waals surface area contributed by atoms with Gasteiger partial charge in [-0.15, -0.1) is 0 Å². The van der Waals surface area contributed by atoms with Crippen LogP contribution in [0.5, 0.6) is 0 Å². The molecule has 31 heavy (non-hydrogen) atoms. The molecule has 1 saturated heterocycles. The summed E-state index contributed by atoms with van der Waals surface area (Å²) in [5.74, 6) is 0.418. The smallest absolute Gasteiger partial charge is 0.243 e. The molecule has 8 heteroatoms. The average molecular weight is 447 g/mol. The first-order valence-corrected chi connectivity index (χ1v) is 12.5. The minimum Gasteiger partial charge on any atom is -0.352 e. The summed E-state index contributed by atoms with van der Waals surface area (Å²) in [7, 11) is -3.43. The first-order chi connectivity index (χ1) is 14.7. The van der Waals surface area contributed by atoms with E-state index in [1.807, 2.05) is 18.5 Å². The number of nitrogens with zero attached hydrogens (tertiary/aromatic N) is 3. The molecule has 0 unspecified atom stereocenters. The summed E-state index contributed by atoms with van der Waals surface area (Å²) in [6, 6.07) is 6.81. The molecule has 170 valence electrons. The Morgan fingerprint density at radius 1 is 1.10 bits per heavy atom. The van der Waals surface area contributed by atoms with Crippen molar-refractivity contribution in [1.29, 1.82) is 0 Å². The lowest BCUT2D eigenvalue weighted by molar-refractivity contribution is -0.120. The predicted molar refractivity (Wildman–Crippen MR) is 121 cm³/mol. The van der Waals surface area contributed by atoms with Gasteiger partial charge in [0.15, 0.2) is 0 Å². The van der Waals surface area contributed by atoms with Crippen LogP contribution in [-0.2, 0) is 34.3 Å². The molecule has 1 aromatic carbocycles. The van der Waals surface area contributed by atoms with Crippen LogP contribution in [0.15, 0.2) is 29.2 Å². The monoisotopic (exact) mass is 446 g/mol. The first-order valence-electron chi connectivity index (χ1n) is 11.1. The van der Waals surface area contributed by atoms with Crippen LogP contribution in [0.25, 0.3) is 0 Å². The van der Waals surface area contributed by atoms with Crippen molar-refractivity contribution in [2.24, 2.45) is 5.92 Å². The molecule has 1 aromatic heterocycles. The van der Waals surface area contributed by atoms with Gasteiger partial charge in [-0.25, -0.2) is 8.42 Å². The topological polar surface area (TPSA) is 84.3 Å². The van der Waals surface area contributed by atoms with Gasteiger partial charge in [0.2, 0.25) is 15.9 Å². The number of piperidine rings is 1. The fourth-order valence-electron chi connectivity index (χ4n) is 3.97. The van der Waals surface area contributed by atoms with Gasteiger partial charge >= 0.3 is 0 Å². The third kappa shape index (κ3) is 5.74. The van der Waals surface area contributed by atoms with Crippen LogP contribution in [0.2, 0.25) is 0 Å². The van der Waals surface area contributed by atoms with Gasteiger partial charge in [-0.3, -0.25) is 9.48 Å². The lowest BCUT2D eigenvalue weighted by Crippen LogP contribution is -2.35. The maximum absolute atomic E-state index is 12.7. The van der Waals surface area contributed by atoms with Gasteiger partial charge in [-0.2, -0.15) is 9.40 Å². The van der Waals surface area contributed by atoms with Crippen molar-refractivity contribution in [3.05, 3.63) is 46.8 Å². The second-order valence-electron chi connectivity index (χ2n) is 8.79. The molecule has 2 aromatic rings. The molecule has 0 spiro atoms. The van der Waals surface area contributed by atoms with Crippen molar-refractivity contribution in [2.75, 3.05) is 13.1 Å². The zero-order valence-electron chi connectivity index (χ0n) is 19.0. The van der Waals surface area contributed by atoms with Crippen LogP contribution < -0.4 is 5.32 Å². The maximum atomic E-state index is 12.7. The highest BCUT2D eigenvalue weighted by Crippen LogP contribution is 2.21. The Hall–Kier alpha value is -2.19. The number of aryl methyl sites for hydroxylation is 1. The van der Waals surface area contributed by atoms with Gasteiger partial charge in [0, 0.05) is 37.4 Å². The number of carbonyl (C=O) groups excluding carboxylic acids is 1. The van der Waals surface area contributed by atoms with Crippen molar-refractivity contribution in [3.63, 3.8) is 0 Å². The van der Waals surface area contributed by atoms with Gasteiger partial charge in [-0.05, 0) is 50.3 Å². The minimum absolute atomic E-state index is 0.0692. The van der Waals surface area contributed by atoms with Crippen molar-refractivity contribution in [1.82, 2.24) is 19.4 Å². The molecule has 7 nitrogen and oxygen atoms in total. The molecule has 2 heterocycles. The van der Waals surface area contributed by atoms with Crippen molar-refractivity contribution >= 4 is 15.9 Å². The molecular weight excluding hydrogens is 412 g/mol. The molecule has 3 rings (SSSR count). The summed E-state index contributed by atoms with van der Waals surface area (Å²) in [6.07, 6.45) is 3.21. The quantitative estimate of drug-likeness (QED) is 0.675. The molecular formula is C23H34N4O3S. The Morgan fingerprint density at radius 2 is 1.74 bits per heavy atom. The largest absolute Gasteiger partial charge is 0.352 e. The van der Waals surface area contributed by atoms with E-state index in [-0.39, 0.29) is 12.3 Å². The second kappa shape index (κ2) is 9.96. The molecule has 1 amide bonds. The fourth-order valence-corrected chi connectivity index (χ4v) is 5.49. The molecule has 0 radical (unpaired) electrons. The maximum Gasteiger partial charge on any atom is 0.243 e. The summed E-state index contributed by atoms with van der Waals surface area (Å²) in [5.41, 5.74) is 3.77. The third-order valence-electron chi connectivity index (χ3n) is 5.77. The van der Waals surface area contributed by atoms with Crippen LogP contribution in [0.1, 0.15) is 55.6 Å². The number of hydrogen-bond donors (Lipinski definition) is 1. The summed E-state index contributed by atoms with van der Waals surface area (Å²) in [5, 5.41) is 7.51. The van der Waals surface area contributed by atoms with E-state index in [1.165, 1.54) is 0 Å². The van der Waals surface area contributed by atoms with Gasteiger partial charge in [-0.1, -0.05) is 32.4 Å². The molecule has 0 aliphatic carbocycles. The van der Waals surface area contributed by atoms with Crippen molar-refractivity contribution in [3.8, 4) is 0 Å².